The van der Waals surface area contributed by atoms with Gasteiger partial charge in [-0.15, -0.1) is 0 Å². The first-order valence-corrected chi connectivity index (χ1v) is 9.76. The Kier molecular flexibility index (Phi) is 4.51. The van der Waals surface area contributed by atoms with E-state index < -0.39 is 5.91 Å². The highest BCUT2D eigenvalue weighted by molar-refractivity contribution is 6.22. The molecule has 0 saturated heterocycles. The third-order valence-corrected chi connectivity index (χ3v) is 5.23. The molecule has 0 aliphatic carbocycles. The lowest BCUT2D eigenvalue weighted by molar-refractivity contribution is 0.0656. The van der Waals surface area contributed by atoms with E-state index in [9.17, 15) is 14.4 Å². The molecule has 0 radical (unpaired) electrons. The summed E-state index contributed by atoms with van der Waals surface area (Å²) >= 11 is 0. The molecule has 1 aliphatic rings. The van der Waals surface area contributed by atoms with Crippen molar-refractivity contribution in [2.75, 3.05) is 11.9 Å². The van der Waals surface area contributed by atoms with E-state index in [2.05, 4.69) is 15.4 Å². The Hall–Kier alpha value is -4.33. The molecule has 2 aromatic carbocycles. The van der Waals surface area contributed by atoms with Crippen LogP contribution < -0.4 is 5.32 Å². The van der Waals surface area contributed by atoms with Gasteiger partial charge in [0.2, 0.25) is 0 Å². The summed E-state index contributed by atoms with van der Waals surface area (Å²) in [5.74, 6) is -0.680. The maximum absolute atomic E-state index is 12.9. The van der Waals surface area contributed by atoms with Crippen LogP contribution in [0.15, 0.2) is 73.1 Å². The Morgan fingerprint density at radius 3 is 2.55 bits per heavy atom. The molecule has 0 saturated carbocycles. The maximum Gasteiger partial charge on any atom is 0.261 e. The summed E-state index contributed by atoms with van der Waals surface area (Å²) in [5, 5.41) is 6.91. The fraction of sp³-hybridized carbons (Fsp3) is 0.0870. The SMILES string of the molecule is O=C(Nc1ccnc2ccnn12)c1ccc2c(c1)C(=O)N(CCc1ccccc1)C2=O. The van der Waals surface area contributed by atoms with Gasteiger partial charge in [0.15, 0.2) is 5.65 Å². The van der Waals surface area contributed by atoms with E-state index in [1.807, 2.05) is 30.3 Å². The maximum atomic E-state index is 12.9. The molecule has 4 aromatic rings. The number of hydrogen-bond acceptors (Lipinski definition) is 5. The van der Waals surface area contributed by atoms with Crippen molar-refractivity contribution in [1.82, 2.24) is 19.5 Å². The summed E-state index contributed by atoms with van der Waals surface area (Å²) in [6.07, 6.45) is 3.73. The van der Waals surface area contributed by atoms with Gasteiger partial charge in [0.25, 0.3) is 17.7 Å². The third-order valence-electron chi connectivity index (χ3n) is 5.23. The highest BCUT2D eigenvalue weighted by Crippen LogP contribution is 2.25. The molecule has 0 atom stereocenters. The van der Waals surface area contributed by atoms with Crippen LogP contribution in [-0.2, 0) is 6.42 Å². The minimum atomic E-state index is -0.409. The van der Waals surface area contributed by atoms with Gasteiger partial charge in [-0.25, -0.2) is 4.98 Å². The zero-order valence-electron chi connectivity index (χ0n) is 16.4. The minimum absolute atomic E-state index is 0.240. The Morgan fingerprint density at radius 1 is 0.903 bits per heavy atom. The van der Waals surface area contributed by atoms with E-state index in [0.717, 1.165) is 5.56 Å². The van der Waals surface area contributed by atoms with Gasteiger partial charge < -0.3 is 5.32 Å². The van der Waals surface area contributed by atoms with Crippen molar-refractivity contribution in [3.05, 3.63) is 95.3 Å². The van der Waals surface area contributed by atoms with E-state index >= 15 is 0 Å². The van der Waals surface area contributed by atoms with Crippen LogP contribution in [0.4, 0.5) is 5.82 Å². The Balaban J connectivity index is 1.36. The van der Waals surface area contributed by atoms with Crippen LogP contribution in [-0.4, -0.2) is 43.8 Å². The summed E-state index contributed by atoms with van der Waals surface area (Å²) < 4.78 is 1.51. The zero-order chi connectivity index (χ0) is 21.4. The molecular formula is C23H17N5O3. The predicted molar refractivity (Wildman–Crippen MR) is 113 cm³/mol. The standard InChI is InChI=1S/C23H17N5O3/c29-21(26-20-8-11-24-19-9-12-25-28(19)20)16-6-7-17-18(14-16)23(31)27(22(17)30)13-10-15-4-2-1-3-5-15/h1-9,11-12,14H,10,13H2,(H,26,29). The Bertz CT molecular complexity index is 1330. The molecule has 0 spiro atoms. The molecule has 8 heteroatoms. The smallest absolute Gasteiger partial charge is 0.261 e. The molecule has 31 heavy (non-hydrogen) atoms. The van der Waals surface area contributed by atoms with Gasteiger partial charge in [0, 0.05) is 24.4 Å². The second-order valence-corrected chi connectivity index (χ2v) is 7.14. The van der Waals surface area contributed by atoms with Crippen molar-refractivity contribution in [2.24, 2.45) is 0 Å². The second kappa shape index (κ2) is 7.49. The molecule has 8 nitrogen and oxygen atoms in total. The fourth-order valence-electron chi connectivity index (χ4n) is 3.64. The monoisotopic (exact) mass is 411 g/mol. The van der Waals surface area contributed by atoms with Gasteiger partial charge in [-0.05, 0) is 36.2 Å². The molecule has 3 heterocycles. The topological polar surface area (TPSA) is 96.7 Å². The van der Waals surface area contributed by atoms with Crippen LogP contribution in [0.1, 0.15) is 36.6 Å². The first kappa shape index (κ1) is 18.7. The summed E-state index contributed by atoms with van der Waals surface area (Å²) in [6, 6.07) is 17.6. The Labute approximate surface area is 177 Å². The normalized spacial score (nSPS) is 13.0. The van der Waals surface area contributed by atoms with Crippen LogP contribution in [0.2, 0.25) is 0 Å². The highest BCUT2D eigenvalue weighted by atomic mass is 16.2. The first-order chi connectivity index (χ1) is 15.1. The summed E-state index contributed by atoms with van der Waals surface area (Å²) in [6.45, 7) is 0.284. The van der Waals surface area contributed by atoms with E-state index in [-0.39, 0.29) is 29.5 Å². The number of hydrogen-bond donors (Lipinski definition) is 1. The molecule has 0 fully saturated rings. The number of carbonyl (C=O) groups excluding carboxylic acids is 3. The third kappa shape index (κ3) is 3.33. The number of amides is 3. The number of carbonyl (C=O) groups is 3. The van der Waals surface area contributed by atoms with Gasteiger partial charge in [0.05, 0.1) is 17.3 Å². The van der Waals surface area contributed by atoms with Crippen LogP contribution in [0.5, 0.6) is 0 Å². The van der Waals surface area contributed by atoms with E-state index in [1.165, 1.54) is 21.5 Å². The number of rotatable bonds is 5. The molecule has 1 N–H and O–H groups in total. The van der Waals surface area contributed by atoms with Gasteiger partial charge in [-0.3, -0.25) is 19.3 Å². The van der Waals surface area contributed by atoms with Crippen molar-refractivity contribution in [1.29, 1.82) is 0 Å². The minimum Gasteiger partial charge on any atom is -0.306 e. The second-order valence-electron chi connectivity index (χ2n) is 7.14. The lowest BCUT2D eigenvalue weighted by atomic mass is 10.1. The number of benzene rings is 2. The zero-order valence-corrected chi connectivity index (χ0v) is 16.4. The molecule has 5 rings (SSSR count). The van der Waals surface area contributed by atoms with Crippen molar-refractivity contribution in [3.8, 4) is 0 Å². The molecule has 2 aromatic heterocycles. The van der Waals surface area contributed by atoms with Gasteiger partial charge in [0.1, 0.15) is 5.82 Å². The average molecular weight is 411 g/mol. The molecule has 152 valence electrons. The average Bonchev–Trinajstić information content (AvgIpc) is 3.37. The lowest BCUT2D eigenvalue weighted by Gasteiger charge is -2.13. The molecule has 0 bridgehead atoms. The lowest BCUT2D eigenvalue weighted by Crippen LogP contribution is -2.31. The quantitative estimate of drug-likeness (QED) is 0.510. The van der Waals surface area contributed by atoms with Crippen LogP contribution in [0.3, 0.4) is 0 Å². The number of aromatic nitrogens is 3. The highest BCUT2D eigenvalue weighted by Gasteiger charge is 2.35. The summed E-state index contributed by atoms with van der Waals surface area (Å²) in [7, 11) is 0. The molecule has 0 unspecified atom stereocenters. The van der Waals surface area contributed by atoms with Gasteiger partial charge in [-0.1, -0.05) is 30.3 Å². The van der Waals surface area contributed by atoms with E-state index in [1.54, 1.807) is 30.6 Å². The van der Waals surface area contributed by atoms with Gasteiger partial charge in [-0.2, -0.15) is 9.61 Å². The number of imide groups is 1. The van der Waals surface area contributed by atoms with Crippen molar-refractivity contribution in [3.63, 3.8) is 0 Å². The summed E-state index contributed by atoms with van der Waals surface area (Å²) in [4.78, 5) is 43.7. The largest absolute Gasteiger partial charge is 0.306 e. The van der Waals surface area contributed by atoms with E-state index in [0.29, 0.717) is 23.4 Å². The van der Waals surface area contributed by atoms with Crippen LogP contribution in [0.25, 0.3) is 5.65 Å². The number of nitrogens with zero attached hydrogens (tertiary/aromatic N) is 4. The first-order valence-electron chi connectivity index (χ1n) is 9.76. The number of nitrogens with one attached hydrogen (secondary N) is 1. The van der Waals surface area contributed by atoms with Crippen molar-refractivity contribution >= 4 is 29.2 Å². The van der Waals surface area contributed by atoms with Crippen molar-refractivity contribution < 1.29 is 14.4 Å². The molecule has 1 aliphatic heterocycles. The molecule has 3 amide bonds. The fourth-order valence-corrected chi connectivity index (χ4v) is 3.64. The predicted octanol–water partition coefficient (Wildman–Crippen LogP) is 2.82. The van der Waals surface area contributed by atoms with Crippen LogP contribution >= 0.6 is 0 Å². The van der Waals surface area contributed by atoms with Gasteiger partial charge >= 0.3 is 0 Å². The molecular weight excluding hydrogens is 394 g/mol. The van der Waals surface area contributed by atoms with E-state index in [4.69, 9.17) is 0 Å². The number of fused-ring (bicyclic) bond motifs is 2. The summed E-state index contributed by atoms with van der Waals surface area (Å²) in [5.41, 5.74) is 2.47. The number of anilines is 1. The Morgan fingerprint density at radius 2 is 1.71 bits per heavy atom. The van der Waals surface area contributed by atoms with Crippen LogP contribution in [0, 0.1) is 0 Å². The van der Waals surface area contributed by atoms with Crippen molar-refractivity contribution in [2.45, 2.75) is 6.42 Å².